The van der Waals surface area contributed by atoms with Crippen molar-refractivity contribution in [2.24, 2.45) is 5.92 Å². The summed E-state index contributed by atoms with van der Waals surface area (Å²) >= 11 is 6.95. The van der Waals surface area contributed by atoms with Crippen molar-refractivity contribution in [1.82, 2.24) is 4.31 Å². The van der Waals surface area contributed by atoms with Crippen LogP contribution in [-0.2, 0) is 10.0 Å². The molecule has 0 fully saturated rings. The molecule has 0 bridgehead atoms. The van der Waals surface area contributed by atoms with Gasteiger partial charge >= 0.3 is 0 Å². The molecule has 0 saturated carbocycles. The van der Waals surface area contributed by atoms with Crippen LogP contribution in [0.4, 0.5) is 0 Å². The number of sulfonamides is 1. The van der Waals surface area contributed by atoms with Gasteiger partial charge < -0.3 is 0 Å². The number of rotatable bonds is 5. The van der Waals surface area contributed by atoms with Crippen molar-refractivity contribution < 1.29 is 8.42 Å². The summed E-state index contributed by atoms with van der Waals surface area (Å²) in [6, 6.07) is 12.6. The van der Waals surface area contributed by atoms with Crippen LogP contribution in [0.5, 0.6) is 0 Å². The average molecular weight is 344 g/mol. The Kier molecular flexibility index (Phi) is 5.09. The van der Waals surface area contributed by atoms with Crippen molar-refractivity contribution in [1.29, 1.82) is 0 Å². The molecule has 1 aromatic carbocycles. The third-order valence-electron chi connectivity index (χ3n) is 3.35. The topological polar surface area (TPSA) is 37.4 Å². The summed E-state index contributed by atoms with van der Waals surface area (Å²) in [5.74, 6) is 0.155. The summed E-state index contributed by atoms with van der Waals surface area (Å²) in [5, 5.41) is 0. The van der Waals surface area contributed by atoms with Crippen LogP contribution in [0.25, 0.3) is 0 Å². The third-order valence-corrected chi connectivity index (χ3v) is 6.88. The second kappa shape index (κ2) is 6.48. The van der Waals surface area contributed by atoms with Crippen LogP contribution in [0.15, 0.2) is 46.7 Å². The number of hydrogen-bond donors (Lipinski definition) is 0. The van der Waals surface area contributed by atoms with Gasteiger partial charge in [-0.15, -0.1) is 11.3 Å². The molecule has 0 aliphatic heterocycles. The number of nitrogens with zero attached hydrogens (tertiary/aromatic N) is 1. The van der Waals surface area contributed by atoms with E-state index < -0.39 is 10.0 Å². The zero-order chi connectivity index (χ0) is 15.6. The van der Waals surface area contributed by atoms with Gasteiger partial charge in [-0.3, -0.25) is 0 Å². The highest BCUT2D eigenvalue weighted by Crippen LogP contribution is 2.35. The van der Waals surface area contributed by atoms with E-state index in [-0.39, 0.29) is 16.2 Å². The molecule has 0 aliphatic carbocycles. The van der Waals surface area contributed by atoms with E-state index in [4.69, 9.17) is 11.6 Å². The van der Waals surface area contributed by atoms with Crippen LogP contribution in [0.1, 0.15) is 25.5 Å². The number of halogens is 1. The van der Waals surface area contributed by atoms with Gasteiger partial charge in [-0.2, -0.15) is 4.31 Å². The maximum atomic E-state index is 12.7. The van der Waals surface area contributed by atoms with Gasteiger partial charge in [-0.25, -0.2) is 8.42 Å². The SMILES string of the molecule is CC(C)C(c1ccccc1)N(C)S(=O)(=O)c1ccc(Cl)s1. The highest BCUT2D eigenvalue weighted by molar-refractivity contribution is 7.91. The van der Waals surface area contributed by atoms with E-state index in [0.717, 1.165) is 16.9 Å². The third kappa shape index (κ3) is 3.48. The molecule has 0 saturated heterocycles. The minimum atomic E-state index is -3.54. The molecule has 0 aliphatic rings. The summed E-state index contributed by atoms with van der Waals surface area (Å²) in [4.78, 5) is 0. The minimum Gasteiger partial charge on any atom is -0.206 e. The first-order chi connectivity index (χ1) is 9.84. The lowest BCUT2D eigenvalue weighted by Crippen LogP contribution is -2.33. The van der Waals surface area contributed by atoms with Crippen LogP contribution < -0.4 is 0 Å². The van der Waals surface area contributed by atoms with Gasteiger partial charge in [-0.05, 0) is 23.6 Å². The van der Waals surface area contributed by atoms with Crippen molar-refractivity contribution in [3.8, 4) is 0 Å². The summed E-state index contributed by atoms with van der Waals surface area (Å²) in [6.45, 7) is 4.04. The number of thiophene rings is 1. The Hall–Kier alpha value is -0.880. The fraction of sp³-hybridized carbons (Fsp3) is 0.333. The molecule has 0 N–H and O–H groups in total. The van der Waals surface area contributed by atoms with Crippen LogP contribution >= 0.6 is 22.9 Å². The summed E-state index contributed by atoms with van der Waals surface area (Å²) in [6.07, 6.45) is 0. The molecule has 21 heavy (non-hydrogen) atoms. The van der Waals surface area contributed by atoms with Crippen molar-refractivity contribution in [2.75, 3.05) is 7.05 Å². The summed E-state index contributed by atoms with van der Waals surface area (Å²) < 4.78 is 27.7. The van der Waals surface area contributed by atoms with E-state index in [1.165, 1.54) is 4.31 Å². The molecule has 6 heteroatoms. The van der Waals surface area contributed by atoms with Crippen LogP contribution in [-0.4, -0.2) is 19.8 Å². The Balaban J connectivity index is 2.42. The fourth-order valence-corrected chi connectivity index (χ4v) is 5.54. The molecule has 114 valence electrons. The lowest BCUT2D eigenvalue weighted by atomic mass is 9.96. The first-order valence-corrected chi connectivity index (χ1v) is 9.26. The molecule has 1 atom stereocenters. The molecular weight excluding hydrogens is 326 g/mol. The monoisotopic (exact) mass is 343 g/mol. The standard InChI is InChI=1S/C15H18ClNO2S2/c1-11(2)15(12-7-5-4-6-8-12)17(3)21(18,19)14-10-9-13(16)20-14/h4-11,15H,1-3H3. The Morgan fingerprint density at radius 3 is 2.19 bits per heavy atom. The quantitative estimate of drug-likeness (QED) is 0.805. The van der Waals surface area contributed by atoms with E-state index in [1.807, 2.05) is 44.2 Å². The Bertz CT molecular complexity index is 695. The highest BCUT2D eigenvalue weighted by Gasteiger charge is 2.32. The Labute approximate surface area is 135 Å². The summed E-state index contributed by atoms with van der Waals surface area (Å²) in [5.41, 5.74) is 0.987. The van der Waals surface area contributed by atoms with Crippen molar-refractivity contribution in [3.63, 3.8) is 0 Å². The molecule has 2 aromatic rings. The van der Waals surface area contributed by atoms with E-state index >= 15 is 0 Å². The van der Waals surface area contributed by atoms with E-state index in [1.54, 1.807) is 19.2 Å². The summed E-state index contributed by atoms with van der Waals surface area (Å²) in [7, 11) is -1.92. The zero-order valence-electron chi connectivity index (χ0n) is 12.2. The number of hydrogen-bond acceptors (Lipinski definition) is 3. The lowest BCUT2D eigenvalue weighted by Gasteiger charge is -2.30. The predicted octanol–water partition coefficient (Wildman–Crippen LogP) is 4.42. The van der Waals surface area contributed by atoms with Crippen LogP contribution in [0, 0.1) is 5.92 Å². The van der Waals surface area contributed by atoms with Gasteiger partial charge in [0.15, 0.2) is 0 Å². The molecule has 0 spiro atoms. The lowest BCUT2D eigenvalue weighted by molar-refractivity contribution is 0.301. The average Bonchev–Trinajstić information content (AvgIpc) is 2.87. The van der Waals surface area contributed by atoms with Crippen molar-refractivity contribution in [2.45, 2.75) is 24.1 Å². The fourth-order valence-electron chi connectivity index (χ4n) is 2.39. The maximum Gasteiger partial charge on any atom is 0.252 e. The van der Waals surface area contributed by atoms with Gasteiger partial charge in [0.1, 0.15) is 4.21 Å². The predicted molar refractivity (Wildman–Crippen MR) is 88.3 cm³/mol. The van der Waals surface area contributed by atoms with Gasteiger partial charge in [0.25, 0.3) is 10.0 Å². The maximum absolute atomic E-state index is 12.7. The molecule has 1 heterocycles. The molecule has 3 nitrogen and oxygen atoms in total. The van der Waals surface area contributed by atoms with E-state index in [0.29, 0.717) is 4.34 Å². The molecule has 0 amide bonds. The van der Waals surface area contributed by atoms with Gasteiger partial charge in [0.2, 0.25) is 0 Å². The normalized spacial score (nSPS) is 13.8. The second-order valence-electron chi connectivity index (χ2n) is 5.18. The smallest absolute Gasteiger partial charge is 0.206 e. The van der Waals surface area contributed by atoms with Crippen LogP contribution in [0.2, 0.25) is 4.34 Å². The van der Waals surface area contributed by atoms with E-state index in [2.05, 4.69) is 0 Å². The first kappa shape index (κ1) is 16.5. The van der Waals surface area contributed by atoms with Crippen LogP contribution in [0.3, 0.4) is 0 Å². The van der Waals surface area contributed by atoms with Gasteiger partial charge in [0, 0.05) is 7.05 Å². The van der Waals surface area contributed by atoms with Gasteiger partial charge in [-0.1, -0.05) is 55.8 Å². The van der Waals surface area contributed by atoms with E-state index in [9.17, 15) is 8.42 Å². The molecule has 0 radical (unpaired) electrons. The molecular formula is C15H18ClNO2S2. The first-order valence-electron chi connectivity index (χ1n) is 6.62. The molecule has 2 rings (SSSR count). The Morgan fingerprint density at radius 1 is 1.10 bits per heavy atom. The molecule has 1 aromatic heterocycles. The number of benzene rings is 1. The zero-order valence-corrected chi connectivity index (χ0v) is 14.5. The largest absolute Gasteiger partial charge is 0.252 e. The Morgan fingerprint density at radius 2 is 1.71 bits per heavy atom. The highest BCUT2D eigenvalue weighted by atomic mass is 35.5. The van der Waals surface area contributed by atoms with Crippen molar-refractivity contribution in [3.05, 3.63) is 52.4 Å². The van der Waals surface area contributed by atoms with Gasteiger partial charge in [0.05, 0.1) is 10.4 Å². The molecule has 1 unspecified atom stereocenters. The minimum absolute atomic E-state index is 0.155. The van der Waals surface area contributed by atoms with Crippen molar-refractivity contribution >= 4 is 33.0 Å². The second-order valence-corrected chi connectivity index (χ2v) is 9.12.